The van der Waals surface area contributed by atoms with Gasteiger partial charge in [-0.05, 0) is 77.1 Å². The van der Waals surface area contributed by atoms with E-state index in [9.17, 15) is 13.2 Å². The second-order valence-corrected chi connectivity index (χ2v) is 13.1. The summed E-state index contributed by atoms with van der Waals surface area (Å²) >= 11 is 0. The Kier molecular flexibility index (Phi) is 7.69. The van der Waals surface area contributed by atoms with Gasteiger partial charge in [-0.25, -0.2) is 23.2 Å². The molecule has 202 valence electrons. The molecule has 1 saturated heterocycles. The van der Waals surface area contributed by atoms with Crippen molar-refractivity contribution in [1.29, 1.82) is 0 Å². The van der Waals surface area contributed by atoms with E-state index in [0.717, 1.165) is 55.1 Å². The molecule has 2 aliphatic rings. The summed E-state index contributed by atoms with van der Waals surface area (Å²) in [4.78, 5) is 28.4. The number of hydrogen-bond acceptors (Lipinski definition) is 8. The van der Waals surface area contributed by atoms with Gasteiger partial charge in [0.05, 0.1) is 4.90 Å². The van der Waals surface area contributed by atoms with Gasteiger partial charge >= 0.3 is 6.09 Å². The Balaban J connectivity index is 1.54. The Morgan fingerprint density at radius 2 is 1.86 bits per heavy atom. The summed E-state index contributed by atoms with van der Waals surface area (Å²) in [5.74, 6) is 1.67. The molecule has 0 bridgehead atoms. The molecule has 4 rings (SSSR count). The molecule has 1 aromatic carbocycles. The van der Waals surface area contributed by atoms with Crippen LogP contribution in [0.2, 0.25) is 0 Å². The maximum Gasteiger partial charge on any atom is 0.410 e. The van der Waals surface area contributed by atoms with Crippen LogP contribution in [0.4, 0.5) is 22.1 Å². The summed E-state index contributed by atoms with van der Waals surface area (Å²) in [5, 5.41) is 0. The van der Waals surface area contributed by atoms with Crippen molar-refractivity contribution in [2.24, 2.45) is 0 Å². The predicted molar refractivity (Wildman–Crippen MR) is 145 cm³/mol. The minimum Gasteiger partial charge on any atom is -0.444 e. The molecule has 37 heavy (non-hydrogen) atoms. The van der Waals surface area contributed by atoms with Crippen molar-refractivity contribution in [1.82, 2.24) is 14.9 Å². The van der Waals surface area contributed by atoms with Crippen LogP contribution >= 0.6 is 0 Å². The summed E-state index contributed by atoms with van der Waals surface area (Å²) in [6.07, 6.45) is 5.99. The maximum absolute atomic E-state index is 12.5. The lowest BCUT2D eigenvalue weighted by atomic mass is 10.0. The van der Waals surface area contributed by atoms with Crippen LogP contribution in [0.3, 0.4) is 0 Å². The Bertz CT molecular complexity index is 1240. The molecule has 1 unspecified atom stereocenters. The second kappa shape index (κ2) is 10.5. The van der Waals surface area contributed by atoms with Gasteiger partial charge in [-0.15, -0.1) is 0 Å². The molecule has 2 aliphatic heterocycles. The molecule has 1 amide bonds. The van der Waals surface area contributed by atoms with Crippen LogP contribution < -0.4 is 9.80 Å². The lowest BCUT2D eigenvalue weighted by Gasteiger charge is -2.42. The molecule has 1 aromatic heterocycles. The number of carbonyl (C=O) groups is 1. The molecular weight excluding hydrogens is 490 g/mol. The Labute approximate surface area is 220 Å². The highest BCUT2D eigenvalue weighted by atomic mass is 32.2. The van der Waals surface area contributed by atoms with Crippen LogP contribution in [-0.2, 0) is 21.0 Å². The summed E-state index contributed by atoms with van der Waals surface area (Å²) in [5.41, 5.74) is 1.49. The highest BCUT2D eigenvalue weighted by molar-refractivity contribution is 7.90. The molecule has 1 atom stereocenters. The molecule has 0 radical (unpaired) electrons. The quantitative estimate of drug-likeness (QED) is 0.537. The van der Waals surface area contributed by atoms with Crippen LogP contribution in [0.15, 0.2) is 35.5 Å². The van der Waals surface area contributed by atoms with Crippen molar-refractivity contribution in [2.75, 3.05) is 35.7 Å². The molecule has 2 aromatic rings. The minimum absolute atomic E-state index is 0.250. The number of carbonyl (C=O) groups excluding carboxylic acids is 1. The van der Waals surface area contributed by atoms with Gasteiger partial charge in [-0.2, -0.15) is 0 Å². The molecule has 1 fully saturated rings. The number of aromatic nitrogens is 2. The third-order valence-corrected chi connectivity index (χ3v) is 8.24. The topological polar surface area (TPSA) is 95.9 Å². The number of anilines is 3. The van der Waals surface area contributed by atoms with Crippen molar-refractivity contribution in [2.45, 2.75) is 82.9 Å². The van der Waals surface area contributed by atoms with Gasteiger partial charge < -0.3 is 19.4 Å². The third-order valence-electron chi connectivity index (χ3n) is 7.13. The number of likely N-dealkylation sites (tertiary alicyclic amines) is 1. The van der Waals surface area contributed by atoms with Crippen molar-refractivity contribution in [3.63, 3.8) is 0 Å². The van der Waals surface area contributed by atoms with E-state index in [4.69, 9.17) is 4.74 Å². The summed E-state index contributed by atoms with van der Waals surface area (Å²) < 4.78 is 29.6. The fourth-order valence-corrected chi connectivity index (χ4v) is 5.77. The first kappa shape index (κ1) is 27.2. The zero-order valence-electron chi connectivity index (χ0n) is 22.8. The molecule has 0 aliphatic carbocycles. The van der Waals surface area contributed by atoms with E-state index in [-0.39, 0.29) is 18.2 Å². The van der Waals surface area contributed by atoms with Gasteiger partial charge in [0.1, 0.15) is 23.6 Å². The van der Waals surface area contributed by atoms with Crippen LogP contribution in [0.25, 0.3) is 0 Å². The molecule has 0 saturated carbocycles. The normalized spacial score (nSPS) is 17.5. The number of benzene rings is 1. The Morgan fingerprint density at radius 1 is 1.16 bits per heavy atom. The van der Waals surface area contributed by atoms with Crippen LogP contribution in [0.1, 0.15) is 59.4 Å². The minimum atomic E-state index is -3.25. The number of ether oxygens (including phenoxy) is 1. The first-order valence-corrected chi connectivity index (χ1v) is 15.0. The van der Waals surface area contributed by atoms with Gasteiger partial charge in [0.15, 0.2) is 9.84 Å². The van der Waals surface area contributed by atoms with Crippen LogP contribution in [0.5, 0.6) is 0 Å². The first-order chi connectivity index (χ1) is 17.4. The number of hydrogen-bond donors (Lipinski definition) is 0. The van der Waals surface area contributed by atoms with Crippen molar-refractivity contribution in [3.05, 3.63) is 36.2 Å². The average Bonchev–Trinajstić information content (AvgIpc) is 3.26. The largest absolute Gasteiger partial charge is 0.444 e. The SMILES string of the molecule is CCC(C)N(c1cc(N2CCc3cc(S(C)(=O)=O)ccc32)ncn1)C1CCN(C(=O)OC(C)(C)C)CC1. The zero-order chi connectivity index (χ0) is 27.0. The zero-order valence-corrected chi connectivity index (χ0v) is 23.6. The van der Waals surface area contributed by atoms with Gasteiger partial charge in [0, 0.05) is 49.7 Å². The first-order valence-electron chi connectivity index (χ1n) is 13.1. The van der Waals surface area contributed by atoms with Crippen LogP contribution in [0, 0.1) is 0 Å². The number of sulfone groups is 1. The number of fused-ring (bicyclic) bond motifs is 1. The molecule has 0 spiro atoms. The van der Waals surface area contributed by atoms with Crippen molar-refractivity contribution in [3.8, 4) is 0 Å². The number of nitrogens with zero attached hydrogens (tertiary/aromatic N) is 5. The standard InChI is InChI=1S/C27H39N5O4S/c1-7-19(2)32(21-11-13-30(14-12-21)26(33)36-27(3,4)5)25-17-24(28-18-29-25)31-15-10-20-16-22(37(6,34)35)8-9-23(20)31/h8-9,16-19,21H,7,10-15H2,1-6H3. The molecule has 0 N–H and O–H groups in total. The predicted octanol–water partition coefficient (Wildman–Crippen LogP) is 4.58. The fourth-order valence-electron chi connectivity index (χ4n) is 5.10. The van der Waals surface area contributed by atoms with Crippen molar-refractivity contribution >= 4 is 33.3 Å². The summed E-state index contributed by atoms with van der Waals surface area (Å²) in [6.45, 7) is 12.1. The smallest absolute Gasteiger partial charge is 0.410 e. The van der Waals surface area contributed by atoms with Gasteiger partial charge in [0.25, 0.3) is 0 Å². The summed E-state index contributed by atoms with van der Waals surface area (Å²) in [7, 11) is -3.25. The van der Waals surface area contributed by atoms with Gasteiger partial charge in [-0.1, -0.05) is 6.92 Å². The van der Waals surface area contributed by atoms with E-state index >= 15 is 0 Å². The van der Waals surface area contributed by atoms with E-state index in [1.54, 1.807) is 23.4 Å². The molecule has 3 heterocycles. The maximum atomic E-state index is 12.5. The Hall–Kier alpha value is -2.88. The Morgan fingerprint density at radius 3 is 2.49 bits per heavy atom. The number of amides is 1. The monoisotopic (exact) mass is 529 g/mol. The second-order valence-electron chi connectivity index (χ2n) is 11.1. The highest BCUT2D eigenvalue weighted by Crippen LogP contribution is 2.36. The van der Waals surface area contributed by atoms with Crippen LogP contribution in [-0.4, -0.2) is 73.0 Å². The highest BCUT2D eigenvalue weighted by Gasteiger charge is 2.32. The molecule has 10 heteroatoms. The lowest BCUT2D eigenvalue weighted by molar-refractivity contribution is 0.0203. The van der Waals surface area contributed by atoms with Gasteiger partial charge in [-0.3, -0.25) is 0 Å². The number of piperidine rings is 1. The van der Waals surface area contributed by atoms with Crippen molar-refractivity contribution < 1.29 is 17.9 Å². The summed E-state index contributed by atoms with van der Waals surface area (Å²) in [6, 6.07) is 7.86. The van der Waals surface area contributed by atoms with Gasteiger partial charge in [0.2, 0.25) is 0 Å². The van der Waals surface area contributed by atoms with E-state index in [1.807, 2.05) is 32.9 Å². The molecule has 9 nitrogen and oxygen atoms in total. The van der Waals surface area contributed by atoms with E-state index in [0.29, 0.717) is 18.0 Å². The van der Waals surface area contributed by atoms with E-state index in [2.05, 4.69) is 33.6 Å². The molecular formula is C27H39N5O4S. The lowest BCUT2D eigenvalue weighted by Crippen LogP contribution is -2.50. The van der Waals surface area contributed by atoms with E-state index in [1.165, 1.54) is 6.26 Å². The van der Waals surface area contributed by atoms with E-state index < -0.39 is 15.4 Å². The third kappa shape index (κ3) is 6.17. The average molecular weight is 530 g/mol. The fraction of sp³-hybridized carbons (Fsp3) is 0.593. The number of rotatable bonds is 6.